The van der Waals surface area contributed by atoms with Crippen LogP contribution in [0.5, 0.6) is 0 Å². The molecule has 0 aliphatic carbocycles. The maximum absolute atomic E-state index is 10.4. The Morgan fingerprint density at radius 3 is 1.10 bits per heavy atom. The van der Waals surface area contributed by atoms with Crippen LogP contribution in [0.4, 0.5) is 0 Å². The molecule has 0 radical (unpaired) electrons. The summed E-state index contributed by atoms with van der Waals surface area (Å²) < 4.78 is 0. The average Bonchev–Trinajstić information content (AvgIpc) is 2.76. The van der Waals surface area contributed by atoms with Crippen molar-refractivity contribution in [2.75, 3.05) is 26.3 Å². The summed E-state index contributed by atoms with van der Waals surface area (Å²) in [5.41, 5.74) is 0. The summed E-state index contributed by atoms with van der Waals surface area (Å²) in [4.78, 5) is 10.4. The summed E-state index contributed by atoms with van der Waals surface area (Å²) in [5, 5.41) is 27.6. The van der Waals surface area contributed by atoms with E-state index in [9.17, 15) is 4.79 Å². The molecular formula is C26H55NO4. The first-order valence-electron chi connectivity index (χ1n) is 13.3. The molecule has 5 heteroatoms. The minimum Gasteiger partial charge on any atom is -0.481 e. The van der Waals surface area contributed by atoms with Gasteiger partial charge in [0.2, 0.25) is 0 Å². The number of rotatable bonds is 24. The lowest BCUT2D eigenvalue weighted by Crippen LogP contribution is -2.21. The van der Waals surface area contributed by atoms with Crippen LogP contribution >= 0.6 is 0 Å². The topological polar surface area (TPSA) is 89.8 Å². The minimum absolute atomic E-state index is 0.139. The maximum Gasteiger partial charge on any atom is 0.303 e. The highest BCUT2D eigenvalue weighted by Crippen LogP contribution is 2.14. The molecule has 0 saturated heterocycles. The van der Waals surface area contributed by atoms with Crippen molar-refractivity contribution < 1.29 is 20.1 Å². The minimum atomic E-state index is -0.651. The molecule has 0 aliphatic rings. The van der Waals surface area contributed by atoms with Crippen LogP contribution in [0.1, 0.15) is 135 Å². The molecule has 0 heterocycles. The van der Waals surface area contributed by atoms with Gasteiger partial charge in [0.05, 0.1) is 13.2 Å². The summed E-state index contributed by atoms with van der Waals surface area (Å²) in [6.07, 6.45) is 26.1. The smallest absolute Gasteiger partial charge is 0.303 e. The first-order chi connectivity index (χ1) is 15.2. The second kappa shape index (κ2) is 31.5. The van der Waals surface area contributed by atoms with Gasteiger partial charge in [0.1, 0.15) is 0 Å². The van der Waals surface area contributed by atoms with Crippen molar-refractivity contribution in [1.29, 1.82) is 0 Å². The fraction of sp³-hybridized carbons (Fsp3) is 0.962. The average molecular weight is 446 g/mol. The highest BCUT2D eigenvalue weighted by molar-refractivity contribution is 5.66. The lowest BCUT2D eigenvalue weighted by molar-refractivity contribution is -0.137. The van der Waals surface area contributed by atoms with Crippen LogP contribution in [0.3, 0.4) is 0 Å². The van der Waals surface area contributed by atoms with Crippen LogP contribution in [-0.4, -0.2) is 47.6 Å². The molecule has 0 aromatic rings. The van der Waals surface area contributed by atoms with E-state index < -0.39 is 5.97 Å². The number of hydrogen-bond acceptors (Lipinski definition) is 4. The number of hydrogen-bond donors (Lipinski definition) is 4. The van der Waals surface area contributed by atoms with Gasteiger partial charge in [-0.2, -0.15) is 0 Å². The molecule has 31 heavy (non-hydrogen) atoms. The van der Waals surface area contributed by atoms with Crippen LogP contribution < -0.4 is 5.32 Å². The molecule has 0 fully saturated rings. The number of aliphatic hydroxyl groups excluding tert-OH is 2. The molecule has 0 spiro atoms. The predicted octanol–water partition coefficient (Wildman–Crippen LogP) is 6.45. The van der Waals surface area contributed by atoms with Gasteiger partial charge in [-0.05, 0) is 6.42 Å². The van der Waals surface area contributed by atoms with Crippen LogP contribution in [0.2, 0.25) is 0 Å². The van der Waals surface area contributed by atoms with Gasteiger partial charge in [-0.3, -0.25) is 4.79 Å². The summed E-state index contributed by atoms with van der Waals surface area (Å²) in [5.74, 6) is -0.651. The van der Waals surface area contributed by atoms with Crippen molar-refractivity contribution in [3.05, 3.63) is 0 Å². The number of carbonyl (C=O) groups is 1. The molecule has 0 aliphatic heterocycles. The molecule has 0 amide bonds. The summed E-state index contributed by atoms with van der Waals surface area (Å²) in [7, 11) is 0. The van der Waals surface area contributed by atoms with Crippen molar-refractivity contribution in [2.45, 2.75) is 135 Å². The number of carboxylic acids is 1. The molecule has 0 bridgehead atoms. The third-order valence-electron chi connectivity index (χ3n) is 5.57. The molecule has 0 aromatic carbocycles. The van der Waals surface area contributed by atoms with Crippen molar-refractivity contribution >= 4 is 5.97 Å². The van der Waals surface area contributed by atoms with Gasteiger partial charge >= 0.3 is 5.97 Å². The molecule has 4 N–H and O–H groups in total. The second-order valence-electron chi connectivity index (χ2n) is 8.70. The fourth-order valence-electron chi connectivity index (χ4n) is 3.64. The lowest BCUT2D eigenvalue weighted by Gasteiger charge is -2.03. The molecule has 0 atom stereocenters. The van der Waals surface area contributed by atoms with Crippen LogP contribution in [0.25, 0.3) is 0 Å². The molecule has 0 unspecified atom stereocenters. The quantitative estimate of drug-likeness (QED) is 0.128. The monoisotopic (exact) mass is 445 g/mol. The molecular weight excluding hydrogens is 390 g/mol. The second-order valence-corrected chi connectivity index (χ2v) is 8.70. The summed E-state index contributed by atoms with van der Waals surface area (Å²) >= 11 is 0. The van der Waals surface area contributed by atoms with Gasteiger partial charge in [0.25, 0.3) is 0 Å². The van der Waals surface area contributed by atoms with Crippen LogP contribution in [-0.2, 0) is 4.79 Å². The SMILES string of the molecule is CCCCCCCCCCCCCCCCCCCCCC(=O)O.OCCNCCO. The van der Waals surface area contributed by atoms with E-state index >= 15 is 0 Å². The highest BCUT2D eigenvalue weighted by atomic mass is 16.4. The highest BCUT2D eigenvalue weighted by Gasteiger charge is 1.97. The van der Waals surface area contributed by atoms with Crippen molar-refractivity contribution in [3.8, 4) is 0 Å². The zero-order valence-electron chi connectivity index (χ0n) is 20.7. The van der Waals surface area contributed by atoms with Gasteiger partial charge < -0.3 is 20.6 Å². The van der Waals surface area contributed by atoms with Gasteiger partial charge in [-0.15, -0.1) is 0 Å². The Hall–Kier alpha value is -0.650. The molecule has 5 nitrogen and oxygen atoms in total. The van der Waals surface area contributed by atoms with E-state index in [4.69, 9.17) is 15.3 Å². The Kier molecular flexibility index (Phi) is 33.1. The first-order valence-corrected chi connectivity index (χ1v) is 13.3. The van der Waals surface area contributed by atoms with E-state index in [0.29, 0.717) is 19.5 Å². The van der Waals surface area contributed by atoms with E-state index in [-0.39, 0.29) is 13.2 Å². The zero-order valence-corrected chi connectivity index (χ0v) is 20.7. The van der Waals surface area contributed by atoms with E-state index in [1.165, 1.54) is 109 Å². The van der Waals surface area contributed by atoms with E-state index in [0.717, 1.165) is 12.8 Å². The Morgan fingerprint density at radius 2 is 0.839 bits per heavy atom. The van der Waals surface area contributed by atoms with Gasteiger partial charge in [0.15, 0.2) is 0 Å². The molecule has 0 saturated carbocycles. The normalized spacial score (nSPS) is 10.7. The van der Waals surface area contributed by atoms with Gasteiger partial charge in [-0.25, -0.2) is 0 Å². The zero-order chi connectivity index (χ0) is 23.3. The number of unbranched alkanes of at least 4 members (excludes halogenated alkanes) is 18. The largest absolute Gasteiger partial charge is 0.481 e. The maximum atomic E-state index is 10.4. The van der Waals surface area contributed by atoms with Crippen molar-refractivity contribution in [2.24, 2.45) is 0 Å². The van der Waals surface area contributed by atoms with Crippen molar-refractivity contribution in [3.63, 3.8) is 0 Å². The number of aliphatic carboxylic acids is 1. The summed E-state index contributed by atoms with van der Waals surface area (Å²) in [6.45, 7) is 3.70. The Bertz CT molecular complexity index is 323. The van der Waals surface area contributed by atoms with Crippen LogP contribution in [0.15, 0.2) is 0 Å². The van der Waals surface area contributed by atoms with E-state index in [1.54, 1.807) is 0 Å². The Labute approximate surface area is 193 Å². The summed E-state index contributed by atoms with van der Waals surface area (Å²) in [6, 6.07) is 0. The lowest BCUT2D eigenvalue weighted by atomic mass is 10.0. The van der Waals surface area contributed by atoms with E-state index in [1.807, 2.05) is 0 Å². The van der Waals surface area contributed by atoms with Crippen LogP contribution in [0, 0.1) is 0 Å². The standard InChI is InChI=1S/C22H44O2.C4H11NO2/c1-2-3-4-5-6-7-8-9-10-11-12-13-14-15-16-17-18-19-20-21-22(23)24;6-3-1-5-2-4-7/h2-21H2,1H3,(H,23,24);5-7H,1-4H2. The van der Waals surface area contributed by atoms with E-state index in [2.05, 4.69) is 12.2 Å². The molecule has 188 valence electrons. The fourth-order valence-corrected chi connectivity index (χ4v) is 3.64. The van der Waals surface area contributed by atoms with Gasteiger partial charge in [-0.1, -0.05) is 122 Å². The third-order valence-corrected chi connectivity index (χ3v) is 5.57. The number of aliphatic hydroxyl groups is 2. The Balaban J connectivity index is 0. The first kappa shape index (κ1) is 32.5. The number of carboxylic acid groups (broad SMARTS) is 1. The molecule has 0 aromatic heterocycles. The van der Waals surface area contributed by atoms with Crippen molar-refractivity contribution in [1.82, 2.24) is 5.32 Å². The Morgan fingerprint density at radius 1 is 0.548 bits per heavy atom. The predicted molar refractivity (Wildman–Crippen MR) is 133 cm³/mol. The third kappa shape index (κ3) is 37.0. The number of nitrogens with one attached hydrogen (secondary N) is 1. The van der Waals surface area contributed by atoms with Gasteiger partial charge in [0, 0.05) is 19.5 Å². The molecule has 0 rings (SSSR count).